The maximum Gasteiger partial charge on any atom is 0.253 e. The van der Waals surface area contributed by atoms with E-state index in [1.165, 1.54) is 0 Å². The van der Waals surface area contributed by atoms with Crippen LogP contribution in [-0.4, -0.2) is 37.1 Å². The number of nitrogens with two attached hydrogens (primary N) is 1. The summed E-state index contributed by atoms with van der Waals surface area (Å²) in [6.07, 6.45) is 1.79. The standard InChI is InChI=1S/C13H17BrN2O2/c1-16(12-2-4-18-5-3-12)13(17)9-6-10(14)8-11(15)7-9/h6-8,12H,2-5,15H2,1H3. The molecule has 0 aromatic heterocycles. The Bertz CT molecular complexity index is 424. The van der Waals surface area contributed by atoms with E-state index < -0.39 is 0 Å². The summed E-state index contributed by atoms with van der Waals surface area (Å²) >= 11 is 3.36. The molecule has 18 heavy (non-hydrogen) atoms. The number of carbonyl (C=O) groups is 1. The molecular weight excluding hydrogens is 296 g/mol. The van der Waals surface area contributed by atoms with Gasteiger partial charge in [-0.05, 0) is 31.0 Å². The molecule has 1 saturated heterocycles. The van der Waals surface area contributed by atoms with E-state index in [9.17, 15) is 4.79 Å². The normalized spacial score (nSPS) is 16.6. The fourth-order valence-corrected chi connectivity index (χ4v) is 2.69. The summed E-state index contributed by atoms with van der Waals surface area (Å²) in [6.45, 7) is 1.45. The summed E-state index contributed by atoms with van der Waals surface area (Å²) in [5, 5.41) is 0. The number of anilines is 1. The Morgan fingerprint density at radius 2 is 2.06 bits per heavy atom. The molecular formula is C13H17BrN2O2. The molecule has 1 aliphatic heterocycles. The van der Waals surface area contributed by atoms with Crippen molar-refractivity contribution in [2.45, 2.75) is 18.9 Å². The van der Waals surface area contributed by atoms with E-state index in [1.807, 2.05) is 7.05 Å². The highest BCUT2D eigenvalue weighted by Gasteiger charge is 2.23. The quantitative estimate of drug-likeness (QED) is 0.852. The van der Waals surface area contributed by atoms with Crippen molar-refractivity contribution in [3.63, 3.8) is 0 Å². The molecule has 1 aromatic rings. The number of amides is 1. The maximum atomic E-state index is 12.4. The predicted octanol–water partition coefficient (Wildman–Crippen LogP) is 2.28. The van der Waals surface area contributed by atoms with Crippen LogP contribution in [0.1, 0.15) is 23.2 Å². The first-order chi connectivity index (χ1) is 8.58. The number of ether oxygens (including phenoxy) is 1. The van der Waals surface area contributed by atoms with Crippen LogP contribution in [0.4, 0.5) is 5.69 Å². The first-order valence-electron chi connectivity index (χ1n) is 5.99. The van der Waals surface area contributed by atoms with Crippen LogP contribution in [0.5, 0.6) is 0 Å². The zero-order valence-corrected chi connectivity index (χ0v) is 11.9. The van der Waals surface area contributed by atoms with Crippen molar-refractivity contribution in [2.24, 2.45) is 0 Å². The van der Waals surface area contributed by atoms with Crippen molar-refractivity contribution in [1.82, 2.24) is 4.90 Å². The number of hydrogen-bond donors (Lipinski definition) is 1. The lowest BCUT2D eigenvalue weighted by Gasteiger charge is -2.31. The highest BCUT2D eigenvalue weighted by atomic mass is 79.9. The van der Waals surface area contributed by atoms with E-state index in [-0.39, 0.29) is 11.9 Å². The smallest absolute Gasteiger partial charge is 0.253 e. The van der Waals surface area contributed by atoms with Crippen LogP contribution in [0, 0.1) is 0 Å². The van der Waals surface area contributed by atoms with Gasteiger partial charge in [0.15, 0.2) is 0 Å². The molecule has 0 saturated carbocycles. The number of hydrogen-bond acceptors (Lipinski definition) is 3. The van der Waals surface area contributed by atoms with Crippen LogP contribution in [0.2, 0.25) is 0 Å². The summed E-state index contributed by atoms with van der Waals surface area (Å²) < 4.78 is 6.13. The van der Waals surface area contributed by atoms with Crippen molar-refractivity contribution < 1.29 is 9.53 Å². The Labute approximate surface area is 115 Å². The van der Waals surface area contributed by atoms with Crippen molar-refractivity contribution >= 4 is 27.5 Å². The number of halogens is 1. The van der Waals surface area contributed by atoms with Gasteiger partial charge in [0.05, 0.1) is 0 Å². The zero-order chi connectivity index (χ0) is 13.1. The minimum absolute atomic E-state index is 0.00917. The molecule has 1 amide bonds. The van der Waals surface area contributed by atoms with Crippen LogP contribution < -0.4 is 5.73 Å². The first-order valence-corrected chi connectivity index (χ1v) is 6.78. The van der Waals surface area contributed by atoms with Crippen molar-refractivity contribution in [1.29, 1.82) is 0 Å². The second-order valence-electron chi connectivity index (χ2n) is 4.53. The van der Waals surface area contributed by atoms with E-state index in [0.29, 0.717) is 11.3 Å². The molecule has 0 radical (unpaired) electrons. The molecule has 5 heteroatoms. The van der Waals surface area contributed by atoms with Gasteiger partial charge in [0.2, 0.25) is 0 Å². The maximum absolute atomic E-state index is 12.4. The molecule has 0 aliphatic carbocycles. The van der Waals surface area contributed by atoms with Crippen LogP contribution in [-0.2, 0) is 4.74 Å². The third-order valence-corrected chi connectivity index (χ3v) is 3.68. The molecule has 2 rings (SSSR count). The van der Waals surface area contributed by atoms with E-state index in [2.05, 4.69) is 15.9 Å². The molecule has 1 aromatic carbocycles. The van der Waals surface area contributed by atoms with Crippen molar-refractivity contribution in [3.8, 4) is 0 Å². The Morgan fingerprint density at radius 3 is 2.67 bits per heavy atom. The average molecular weight is 313 g/mol. The van der Waals surface area contributed by atoms with Gasteiger partial charge < -0.3 is 15.4 Å². The Morgan fingerprint density at radius 1 is 1.39 bits per heavy atom. The number of nitrogen functional groups attached to an aromatic ring is 1. The average Bonchev–Trinajstić information content (AvgIpc) is 2.37. The second-order valence-corrected chi connectivity index (χ2v) is 5.45. The van der Waals surface area contributed by atoms with Crippen LogP contribution in [0.3, 0.4) is 0 Å². The van der Waals surface area contributed by atoms with Crippen LogP contribution in [0.25, 0.3) is 0 Å². The number of benzene rings is 1. The van der Waals surface area contributed by atoms with Gasteiger partial charge in [-0.1, -0.05) is 15.9 Å². The Kier molecular flexibility index (Phi) is 4.24. The molecule has 98 valence electrons. The van der Waals surface area contributed by atoms with E-state index in [0.717, 1.165) is 30.5 Å². The monoisotopic (exact) mass is 312 g/mol. The summed E-state index contributed by atoms with van der Waals surface area (Å²) in [5.74, 6) is 0.00917. The SMILES string of the molecule is CN(C(=O)c1cc(N)cc(Br)c1)C1CCOCC1. The van der Waals surface area contributed by atoms with Crippen LogP contribution in [0.15, 0.2) is 22.7 Å². The fraction of sp³-hybridized carbons (Fsp3) is 0.462. The molecule has 4 nitrogen and oxygen atoms in total. The molecule has 0 unspecified atom stereocenters. The third-order valence-electron chi connectivity index (χ3n) is 3.23. The predicted molar refractivity (Wildman–Crippen MR) is 74.5 cm³/mol. The van der Waals surface area contributed by atoms with Gasteiger partial charge in [0, 0.05) is 42.0 Å². The lowest BCUT2D eigenvalue weighted by atomic mass is 10.1. The van der Waals surface area contributed by atoms with Gasteiger partial charge in [0.1, 0.15) is 0 Å². The largest absolute Gasteiger partial charge is 0.399 e. The zero-order valence-electron chi connectivity index (χ0n) is 10.4. The lowest BCUT2D eigenvalue weighted by Crippen LogP contribution is -2.40. The van der Waals surface area contributed by atoms with Gasteiger partial charge in [-0.25, -0.2) is 0 Å². The second kappa shape index (κ2) is 5.71. The number of carbonyl (C=O) groups excluding carboxylic acids is 1. The topological polar surface area (TPSA) is 55.6 Å². The molecule has 0 spiro atoms. The highest BCUT2D eigenvalue weighted by Crippen LogP contribution is 2.21. The molecule has 1 heterocycles. The van der Waals surface area contributed by atoms with Gasteiger partial charge in [-0.3, -0.25) is 4.79 Å². The summed E-state index contributed by atoms with van der Waals surface area (Å²) in [6, 6.07) is 5.55. The highest BCUT2D eigenvalue weighted by molar-refractivity contribution is 9.10. The van der Waals surface area contributed by atoms with Crippen molar-refractivity contribution in [2.75, 3.05) is 26.0 Å². The lowest BCUT2D eigenvalue weighted by molar-refractivity contribution is 0.0362. The van der Waals surface area contributed by atoms with Gasteiger partial charge in [-0.2, -0.15) is 0 Å². The molecule has 1 aliphatic rings. The fourth-order valence-electron chi connectivity index (χ4n) is 2.18. The summed E-state index contributed by atoms with van der Waals surface area (Å²) in [4.78, 5) is 14.2. The van der Waals surface area contributed by atoms with E-state index >= 15 is 0 Å². The number of rotatable bonds is 2. The van der Waals surface area contributed by atoms with Gasteiger partial charge in [-0.15, -0.1) is 0 Å². The Hall–Kier alpha value is -1.07. The molecule has 0 bridgehead atoms. The van der Waals surface area contributed by atoms with Gasteiger partial charge >= 0.3 is 0 Å². The van der Waals surface area contributed by atoms with E-state index in [1.54, 1.807) is 23.1 Å². The molecule has 2 N–H and O–H groups in total. The summed E-state index contributed by atoms with van der Waals surface area (Å²) in [7, 11) is 1.84. The number of nitrogens with zero attached hydrogens (tertiary/aromatic N) is 1. The van der Waals surface area contributed by atoms with Crippen LogP contribution >= 0.6 is 15.9 Å². The van der Waals surface area contributed by atoms with E-state index in [4.69, 9.17) is 10.5 Å². The molecule has 0 atom stereocenters. The van der Waals surface area contributed by atoms with Gasteiger partial charge in [0.25, 0.3) is 5.91 Å². The minimum atomic E-state index is 0.00917. The Balaban J connectivity index is 2.14. The third kappa shape index (κ3) is 3.03. The summed E-state index contributed by atoms with van der Waals surface area (Å²) in [5.41, 5.74) is 6.97. The molecule has 1 fully saturated rings. The minimum Gasteiger partial charge on any atom is -0.399 e. The first kappa shape index (κ1) is 13.4. The van der Waals surface area contributed by atoms with Crippen molar-refractivity contribution in [3.05, 3.63) is 28.2 Å².